The minimum absolute atomic E-state index is 0.0262. The quantitative estimate of drug-likeness (QED) is 0.592. The number of carbonyl (C=O) groups is 1. The molecule has 0 radical (unpaired) electrons. The minimum Gasteiger partial charge on any atom is -0.461 e. The molecule has 0 amide bonds. The van der Waals surface area contributed by atoms with Crippen molar-refractivity contribution >= 4 is 5.97 Å². The number of pyridine rings is 1. The predicted molar refractivity (Wildman–Crippen MR) is 102 cm³/mol. The standard InChI is InChI=1S/C22H30NO2/c1-21(2,3)16-12-15(13-17(14-16)22(4,5)6)18-10-9-11-23(7)19(18)20(24)25-8/h9-14H,1-8H3/q+1. The van der Waals surface area contributed by atoms with E-state index in [0.717, 1.165) is 11.1 Å². The average molecular weight is 340 g/mol. The fourth-order valence-electron chi connectivity index (χ4n) is 2.84. The molecule has 0 fully saturated rings. The van der Waals surface area contributed by atoms with Gasteiger partial charge in [-0.3, -0.25) is 0 Å². The van der Waals surface area contributed by atoms with Gasteiger partial charge in [-0.15, -0.1) is 0 Å². The molecule has 2 aromatic rings. The van der Waals surface area contributed by atoms with Crippen molar-refractivity contribution in [3.05, 3.63) is 53.3 Å². The molecular formula is C22H30NO2+. The summed E-state index contributed by atoms with van der Waals surface area (Å²) in [5.74, 6) is -0.323. The molecule has 0 unspecified atom stereocenters. The molecule has 0 aliphatic rings. The van der Waals surface area contributed by atoms with Gasteiger partial charge in [-0.2, -0.15) is 4.57 Å². The summed E-state index contributed by atoms with van der Waals surface area (Å²) in [6, 6.07) is 10.6. The summed E-state index contributed by atoms with van der Waals surface area (Å²) in [6.07, 6.45) is 1.87. The van der Waals surface area contributed by atoms with Gasteiger partial charge < -0.3 is 4.74 Å². The number of methoxy groups -OCH3 is 1. The van der Waals surface area contributed by atoms with Crippen molar-refractivity contribution in [2.45, 2.75) is 52.4 Å². The molecule has 0 aliphatic heterocycles. The Hall–Kier alpha value is -2.16. The number of aryl methyl sites for hydroxylation is 1. The second kappa shape index (κ2) is 6.62. The zero-order chi connectivity index (χ0) is 19.0. The molecule has 1 aromatic heterocycles. The third kappa shape index (κ3) is 4.09. The maximum absolute atomic E-state index is 12.3. The number of hydrogen-bond donors (Lipinski definition) is 0. The lowest BCUT2D eigenvalue weighted by atomic mass is 9.79. The van der Waals surface area contributed by atoms with E-state index < -0.39 is 0 Å². The van der Waals surface area contributed by atoms with E-state index in [1.165, 1.54) is 18.2 Å². The third-order valence-corrected chi connectivity index (χ3v) is 4.54. The van der Waals surface area contributed by atoms with E-state index in [-0.39, 0.29) is 16.8 Å². The maximum Gasteiger partial charge on any atom is 0.404 e. The minimum atomic E-state index is -0.323. The van der Waals surface area contributed by atoms with Crippen LogP contribution in [0.15, 0.2) is 36.5 Å². The number of carbonyl (C=O) groups excluding carboxylic acids is 1. The summed E-state index contributed by atoms with van der Waals surface area (Å²) in [6.45, 7) is 13.3. The number of aromatic nitrogens is 1. The Balaban J connectivity index is 2.80. The number of esters is 1. The first-order valence-electron chi connectivity index (χ1n) is 8.68. The van der Waals surface area contributed by atoms with Gasteiger partial charge in [0.15, 0.2) is 6.20 Å². The normalized spacial score (nSPS) is 12.2. The Labute approximate surface area is 151 Å². The van der Waals surface area contributed by atoms with Gasteiger partial charge in [0.25, 0.3) is 5.69 Å². The third-order valence-electron chi connectivity index (χ3n) is 4.54. The lowest BCUT2D eigenvalue weighted by molar-refractivity contribution is -0.673. The van der Waals surface area contributed by atoms with Crippen molar-refractivity contribution in [1.29, 1.82) is 0 Å². The smallest absolute Gasteiger partial charge is 0.404 e. The highest BCUT2D eigenvalue weighted by Gasteiger charge is 2.26. The van der Waals surface area contributed by atoms with Gasteiger partial charge in [-0.25, -0.2) is 4.79 Å². The SMILES string of the molecule is COC(=O)c1c(-c2cc(C(C)(C)C)cc(C(C)(C)C)c2)ccc[n+]1C. The predicted octanol–water partition coefficient (Wildman–Crippen LogP) is 4.56. The van der Waals surface area contributed by atoms with Crippen LogP contribution in [0.5, 0.6) is 0 Å². The zero-order valence-electron chi connectivity index (χ0n) is 16.7. The van der Waals surface area contributed by atoms with Crippen LogP contribution in [0.2, 0.25) is 0 Å². The highest BCUT2D eigenvalue weighted by Crippen LogP contribution is 2.34. The largest absolute Gasteiger partial charge is 0.461 e. The van der Waals surface area contributed by atoms with Crippen molar-refractivity contribution in [3.8, 4) is 11.1 Å². The van der Waals surface area contributed by atoms with Crippen LogP contribution in [0.3, 0.4) is 0 Å². The molecule has 0 saturated carbocycles. The number of nitrogens with zero attached hydrogens (tertiary/aromatic N) is 1. The van der Waals surface area contributed by atoms with E-state index in [1.807, 2.05) is 29.9 Å². The Morgan fingerprint density at radius 1 is 0.960 bits per heavy atom. The highest BCUT2D eigenvalue weighted by molar-refractivity contribution is 5.93. The molecule has 25 heavy (non-hydrogen) atoms. The number of hydrogen-bond acceptors (Lipinski definition) is 2. The fraction of sp³-hybridized carbons (Fsp3) is 0.455. The first-order chi connectivity index (χ1) is 11.4. The lowest BCUT2D eigenvalue weighted by Gasteiger charge is -2.26. The van der Waals surface area contributed by atoms with Crippen molar-refractivity contribution in [1.82, 2.24) is 0 Å². The summed E-state index contributed by atoms with van der Waals surface area (Å²) < 4.78 is 6.84. The van der Waals surface area contributed by atoms with Crippen molar-refractivity contribution < 1.29 is 14.1 Å². The summed E-state index contributed by atoms with van der Waals surface area (Å²) in [7, 11) is 3.29. The van der Waals surface area contributed by atoms with Gasteiger partial charge in [0.2, 0.25) is 0 Å². The second-order valence-electron chi connectivity index (χ2n) is 8.67. The van der Waals surface area contributed by atoms with E-state index in [1.54, 1.807) is 0 Å². The molecule has 0 saturated heterocycles. The van der Waals surface area contributed by atoms with E-state index >= 15 is 0 Å². The number of benzene rings is 1. The topological polar surface area (TPSA) is 30.2 Å². The molecule has 134 valence electrons. The zero-order valence-corrected chi connectivity index (χ0v) is 16.7. The van der Waals surface area contributed by atoms with Gasteiger partial charge >= 0.3 is 5.97 Å². The van der Waals surface area contributed by atoms with E-state index in [4.69, 9.17) is 4.74 Å². The van der Waals surface area contributed by atoms with E-state index in [9.17, 15) is 4.79 Å². The van der Waals surface area contributed by atoms with Gasteiger partial charge in [0, 0.05) is 6.07 Å². The van der Waals surface area contributed by atoms with Crippen LogP contribution in [-0.2, 0) is 22.6 Å². The first kappa shape index (κ1) is 19.2. The van der Waals surface area contributed by atoms with Gasteiger partial charge in [0.05, 0.1) is 12.7 Å². The lowest BCUT2D eigenvalue weighted by Crippen LogP contribution is -2.37. The fourth-order valence-corrected chi connectivity index (χ4v) is 2.84. The molecule has 0 atom stereocenters. The summed E-state index contributed by atoms with van der Waals surface area (Å²) in [5.41, 5.74) is 5.09. The van der Waals surface area contributed by atoms with Gasteiger partial charge in [-0.1, -0.05) is 59.7 Å². The number of rotatable bonds is 2. The molecule has 0 spiro atoms. The van der Waals surface area contributed by atoms with Gasteiger partial charge in [-0.05, 0) is 33.6 Å². The number of ether oxygens (including phenoxy) is 1. The van der Waals surface area contributed by atoms with Crippen LogP contribution in [0.25, 0.3) is 11.1 Å². The molecular weight excluding hydrogens is 310 g/mol. The van der Waals surface area contributed by atoms with Crippen LogP contribution in [0.4, 0.5) is 0 Å². The van der Waals surface area contributed by atoms with Crippen LogP contribution < -0.4 is 4.57 Å². The van der Waals surface area contributed by atoms with Crippen LogP contribution in [-0.4, -0.2) is 13.1 Å². The Kier molecular flexibility index (Phi) is 5.08. The molecule has 1 heterocycles. The summed E-state index contributed by atoms with van der Waals surface area (Å²) in [4.78, 5) is 12.3. The molecule has 3 nitrogen and oxygen atoms in total. The van der Waals surface area contributed by atoms with Crippen LogP contribution in [0, 0.1) is 0 Å². The monoisotopic (exact) mass is 340 g/mol. The Bertz CT molecular complexity index is 760. The van der Waals surface area contributed by atoms with Crippen molar-refractivity contribution in [2.75, 3.05) is 7.11 Å². The highest BCUT2D eigenvalue weighted by atomic mass is 16.5. The Morgan fingerprint density at radius 3 is 1.92 bits per heavy atom. The van der Waals surface area contributed by atoms with E-state index in [2.05, 4.69) is 59.7 Å². The molecule has 0 aliphatic carbocycles. The van der Waals surface area contributed by atoms with Crippen molar-refractivity contribution in [3.63, 3.8) is 0 Å². The molecule has 1 aromatic carbocycles. The first-order valence-corrected chi connectivity index (χ1v) is 8.68. The van der Waals surface area contributed by atoms with Gasteiger partial charge in [0.1, 0.15) is 7.05 Å². The summed E-state index contributed by atoms with van der Waals surface area (Å²) >= 11 is 0. The molecule has 2 rings (SSSR count). The second-order valence-corrected chi connectivity index (χ2v) is 8.67. The molecule has 0 N–H and O–H groups in total. The van der Waals surface area contributed by atoms with Crippen LogP contribution >= 0.6 is 0 Å². The molecule has 3 heteroatoms. The Morgan fingerprint density at radius 2 is 1.48 bits per heavy atom. The maximum atomic E-state index is 12.3. The molecule has 0 bridgehead atoms. The summed E-state index contributed by atoms with van der Waals surface area (Å²) in [5, 5.41) is 0. The average Bonchev–Trinajstić information content (AvgIpc) is 2.51. The van der Waals surface area contributed by atoms with Crippen LogP contribution in [0.1, 0.15) is 63.2 Å². The van der Waals surface area contributed by atoms with E-state index in [0.29, 0.717) is 5.69 Å². The van der Waals surface area contributed by atoms with Crippen molar-refractivity contribution in [2.24, 2.45) is 7.05 Å².